The molecule has 4 rings (SSSR count). The highest BCUT2D eigenvalue weighted by atomic mass is 16.5. The van der Waals surface area contributed by atoms with Gasteiger partial charge in [-0.15, -0.1) is 0 Å². The minimum atomic E-state index is -0.198. The van der Waals surface area contributed by atoms with Crippen molar-refractivity contribution < 1.29 is 14.3 Å². The first-order valence-electron chi connectivity index (χ1n) is 9.71. The number of methoxy groups -OCH3 is 2. The average molecular weight is 417 g/mol. The van der Waals surface area contributed by atoms with Crippen molar-refractivity contribution >= 4 is 23.0 Å². The monoisotopic (exact) mass is 417 g/mol. The predicted octanol–water partition coefficient (Wildman–Crippen LogP) is 3.31. The normalized spacial score (nSPS) is 11.2. The van der Waals surface area contributed by atoms with E-state index < -0.39 is 0 Å². The molecular formula is C23H23N5O3. The number of fused-ring (bicyclic) bond motifs is 1. The van der Waals surface area contributed by atoms with Crippen molar-refractivity contribution in [2.45, 2.75) is 6.54 Å². The molecule has 0 bridgehead atoms. The van der Waals surface area contributed by atoms with Crippen LogP contribution in [0.2, 0.25) is 0 Å². The molecule has 0 aliphatic carbocycles. The Morgan fingerprint density at radius 1 is 1.23 bits per heavy atom. The molecule has 2 N–H and O–H groups in total. The van der Waals surface area contributed by atoms with E-state index in [1.165, 1.54) is 6.08 Å². The highest BCUT2D eigenvalue weighted by Crippen LogP contribution is 2.30. The smallest absolute Gasteiger partial charge is 0.244 e. The summed E-state index contributed by atoms with van der Waals surface area (Å²) in [6, 6.07) is 7.49. The molecule has 1 amide bonds. The number of amides is 1. The van der Waals surface area contributed by atoms with Gasteiger partial charge in [0, 0.05) is 54.8 Å². The third-order valence-corrected chi connectivity index (χ3v) is 4.95. The van der Waals surface area contributed by atoms with E-state index in [4.69, 9.17) is 9.47 Å². The largest absolute Gasteiger partial charge is 0.493 e. The first kappa shape index (κ1) is 20.2. The number of aromatic amines is 1. The van der Waals surface area contributed by atoms with Crippen molar-refractivity contribution in [3.8, 4) is 22.6 Å². The van der Waals surface area contributed by atoms with Gasteiger partial charge >= 0.3 is 0 Å². The van der Waals surface area contributed by atoms with Gasteiger partial charge in [0.2, 0.25) is 5.91 Å². The number of benzene rings is 1. The van der Waals surface area contributed by atoms with Gasteiger partial charge in [-0.05, 0) is 35.4 Å². The van der Waals surface area contributed by atoms with Gasteiger partial charge in [0.1, 0.15) is 5.65 Å². The molecule has 0 spiro atoms. The lowest BCUT2D eigenvalue weighted by molar-refractivity contribution is -0.116. The molecule has 4 aromatic rings. The van der Waals surface area contributed by atoms with Crippen molar-refractivity contribution in [2.75, 3.05) is 14.2 Å². The highest BCUT2D eigenvalue weighted by Gasteiger charge is 2.11. The Hall–Kier alpha value is -4.07. The molecule has 0 unspecified atom stereocenters. The maximum atomic E-state index is 12.4. The van der Waals surface area contributed by atoms with Crippen molar-refractivity contribution in [3.05, 3.63) is 66.3 Å². The van der Waals surface area contributed by atoms with Crippen LogP contribution in [0.1, 0.15) is 11.1 Å². The summed E-state index contributed by atoms with van der Waals surface area (Å²) in [7, 11) is 5.05. The number of carbonyl (C=O) groups is 1. The molecule has 0 fully saturated rings. The number of nitrogens with zero attached hydrogens (tertiary/aromatic N) is 3. The Morgan fingerprint density at radius 3 is 2.81 bits per heavy atom. The van der Waals surface area contributed by atoms with Gasteiger partial charge in [-0.2, -0.15) is 5.10 Å². The quantitative estimate of drug-likeness (QED) is 0.450. The second-order valence-corrected chi connectivity index (χ2v) is 6.97. The van der Waals surface area contributed by atoms with E-state index in [2.05, 4.69) is 20.4 Å². The topological polar surface area (TPSA) is 94.1 Å². The lowest BCUT2D eigenvalue weighted by Crippen LogP contribution is -2.20. The van der Waals surface area contributed by atoms with Crippen LogP contribution < -0.4 is 14.8 Å². The van der Waals surface area contributed by atoms with Gasteiger partial charge in [0.15, 0.2) is 11.5 Å². The maximum absolute atomic E-state index is 12.4. The number of carbonyl (C=O) groups excluding carboxylic acids is 1. The molecule has 0 radical (unpaired) electrons. The Balaban J connectivity index is 1.50. The molecule has 0 saturated carbocycles. The second kappa shape index (κ2) is 8.74. The second-order valence-electron chi connectivity index (χ2n) is 6.97. The lowest BCUT2D eigenvalue weighted by atomic mass is 10.0. The number of H-pyrrole nitrogens is 1. The fourth-order valence-corrected chi connectivity index (χ4v) is 3.42. The van der Waals surface area contributed by atoms with Crippen LogP contribution in [-0.2, 0) is 18.4 Å². The Labute approximate surface area is 179 Å². The number of hydrogen-bond acceptors (Lipinski definition) is 5. The number of rotatable bonds is 7. The highest BCUT2D eigenvalue weighted by molar-refractivity contribution is 6.01. The van der Waals surface area contributed by atoms with E-state index in [1.54, 1.807) is 31.2 Å². The van der Waals surface area contributed by atoms with Crippen LogP contribution >= 0.6 is 0 Å². The summed E-state index contributed by atoms with van der Waals surface area (Å²) >= 11 is 0. The number of ether oxygens (including phenoxy) is 2. The summed E-state index contributed by atoms with van der Waals surface area (Å²) in [6.45, 7) is 0.375. The van der Waals surface area contributed by atoms with E-state index in [1.807, 2.05) is 49.9 Å². The molecule has 3 heterocycles. The average Bonchev–Trinajstić information content (AvgIpc) is 3.42. The summed E-state index contributed by atoms with van der Waals surface area (Å²) < 4.78 is 12.3. The van der Waals surface area contributed by atoms with Gasteiger partial charge in [-0.25, -0.2) is 4.98 Å². The summed E-state index contributed by atoms with van der Waals surface area (Å²) in [5.41, 5.74) is 4.54. The van der Waals surface area contributed by atoms with Gasteiger partial charge in [-0.3, -0.25) is 9.48 Å². The molecule has 8 nitrogen and oxygen atoms in total. The number of nitrogens with one attached hydrogen (secondary N) is 2. The van der Waals surface area contributed by atoms with Crippen molar-refractivity contribution in [3.63, 3.8) is 0 Å². The molecular weight excluding hydrogens is 394 g/mol. The first-order valence-corrected chi connectivity index (χ1v) is 9.71. The van der Waals surface area contributed by atoms with E-state index >= 15 is 0 Å². The Kier molecular flexibility index (Phi) is 5.70. The minimum absolute atomic E-state index is 0.198. The number of hydrogen-bond donors (Lipinski definition) is 2. The van der Waals surface area contributed by atoms with E-state index in [0.717, 1.165) is 33.3 Å². The zero-order valence-corrected chi connectivity index (χ0v) is 17.5. The zero-order valence-electron chi connectivity index (χ0n) is 17.5. The molecule has 0 aliphatic heterocycles. The van der Waals surface area contributed by atoms with Crippen LogP contribution in [0.15, 0.2) is 55.1 Å². The number of pyridine rings is 1. The van der Waals surface area contributed by atoms with Gasteiger partial charge in [0.25, 0.3) is 0 Å². The SMILES string of the molecule is COc1ccc(CNC(=O)/C=C/c2c[nH]c3nccc(-c4cnn(C)c4)c23)cc1OC. The van der Waals surface area contributed by atoms with Gasteiger partial charge < -0.3 is 19.8 Å². The molecule has 8 heteroatoms. The number of aromatic nitrogens is 4. The van der Waals surface area contributed by atoms with Crippen LogP contribution in [0, 0.1) is 0 Å². The fourth-order valence-electron chi connectivity index (χ4n) is 3.42. The van der Waals surface area contributed by atoms with Gasteiger partial charge in [0.05, 0.1) is 20.4 Å². The molecule has 0 atom stereocenters. The molecule has 1 aromatic carbocycles. The molecule has 31 heavy (non-hydrogen) atoms. The summed E-state index contributed by atoms with van der Waals surface area (Å²) in [5.74, 6) is 1.07. The van der Waals surface area contributed by atoms with Crippen LogP contribution in [0.25, 0.3) is 28.2 Å². The van der Waals surface area contributed by atoms with Crippen LogP contribution in [-0.4, -0.2) is 39.9 Å². The van der Waals surface area contributed by atoms with Crippen LogP contribution in [0.5, 0.6) is 11.5 Å². The minimum Gasteiger partial charge on any atom is -0.493 e. The van der Waals surface area contributed by atoms with Gasteiger partial charge in [-0.1, -0.05) is 6.07 Å². The fraction of sp³-hybridized carbons (Fsp3) is 0.174. The van der Waals surface area contributed by atoms with Crippen molar-refractivity contribution in [2.24, 2.45) is 7.05 Å². The molecule has 0 aliphatic rings. The zero-order chi connectivity index (χ0) is 21.8. The summed E-state index contributed by atoms with van der Waals surface area (Å²) in [6.07, 6.45) is 10.7. The Bertz CT molecular complexity index is 1260. The maximum Gasteiger partial charge on any atom is 0.244 e. The molecule has 158 valence electrons. The van der Waals surface area contributed by atoms with Crippen molar-refractivity contribution in [1.82, 2.24) is 25.1 Å². The Morgan fingerprint density at radius 2 is 2.06 bits per heavy atom. The third-order valence-electron chi connectivity index (χ3n) is 4.95. The van der Waals surface area contributed by atoms with Crippen molar-refractivity contribution in [1.29, 1.82) is 0 Å². The lowest BCUT2D eigenvalue weighted by Gasteiger charge is -2.09. The standard InChI is InChI=1S/C23H23N5O3/c1-28-14-17(13-27-28)18-8-9-24-23-22(18)16(12-26-23)5-7-21(29)25-11-15-4-6-19(30-2)20(10-15)31-3/h4-10,12-14H,11H2,1-3H3,(H,24,26)(H,25,29)/b7-5+. The predicted molar refractivity (Wildman–Crippen MR) is 119 cm³/mol. The van der Waals surface area contributed by atoms with E-state index in [-0.39, 0.29) is 5.91 Å². The summed E-state index contributed by atoms with van der Waals surface area (Å²) in [4.78, 5) is 19.9. The van der Waals surface area contributed by atoms with Crippen LogP contribution in [0.4, 0.5) is 0 Å². The summed E-state index contributed by atoms with van der Waals surface area (Å²) in [5, 5.41) is 8.08. The molecule has 0 saturated heterocycles. The van der Waals surface area contributed by atoms with Crippen LogP contribution in [0.3, 0.4) is 0 Å². The number of aryl methyl sites for hydroxylation is 1. The molecule has 3 aromatic heterocycles. The van der Waals surface area contributed by atoms with E-state index in [9.17, 15) is 4.79 Å². The van der Waals surface area contributed by atoms with E-state index in [0.29, 0.717) is 18.0 Å². The first-order chi connectivity index (χ1) is 15.1. The third kappa shape index (κ3) is 4.28.